The van der Waals surface area contributed by atoms with E-state index in [1.54, 1.807) is 6.92 Å². The smallest absolute Gasteiger partial charge is 0.345 e. The van der Waals surface area contributed by atoms with Gasteiger partial charge in [-0.1, -0.05) is 29.8 Å². The highest BCUT2D eigenvalue weighted by Gasteiger charge is 2.27. The first kappa shape index (κ1) is 23.2. The van der Waals surface area contributed by atoms with Crippen molar-refractivity contribution in [2.24, 2.45) is 0 Å². The number of rotatable bonds is 9. The number of hydrogen-bond donors (Lipinski definition) is 0. The van der Waals surface area contributed by atoms with E-state index in [0.717, 1.165) is 0 Å². The first-order chi connectivity index (χ1) is 14.2. The van der Waals surface area contributed by atoms with Gasteiger partial charge in [0.2, 0.25) is 0 Å². The van der Waals surface area contributed by atoms with Gasteiger partial charge in [-0.15, -0.1) is 0 Å². The van der Waals surface area contributed by atoms with E-state index in [1.807, 2.05) is 0 Å². The molecule has 8 nitrogen and oxygen atoms in total. The van der Waals surface area contributed by atoms with Crippen molar-refractivity contribution >= 4 is 40.8 Å². The second-order valence-electron chi connectivity index (χ2n) is 5.83. The summed E-state index contributed by atoms with van der Waals surface area (Å²) in [4.78, 5) is 34.7. The zero-order valence-corrected chi connectivity index (χ0v) is 17.3. The van der Waals surface area contributed by atoms with Gasteiger partial charge >= 0.3 is 11.9 Å². The Morgan fingerprint density at radius 3 is 2.40 bits per heavy atom. The molecule has 30 heavy (non-hydrogen) atoms. The maximum Gasteiger partial charge on any atom is 0.345 e. The highest BCUT2D eigenvalue weighted by atomic mass is 35.5. The fourth-order valence-corrected chi connectivity index (χ4v) is 2.80. The fraction of sp³-hybridized carbons (Fsp3) is 0.200. The van der Waals surface area contributed by atoms with Gasteiger partial charge < -0.3 is 14.2 Å². The lowest BCUT2D eigenvalue weighted by Gasteiger charge is -2.20. The second kappa shape index (κ2) is 10.6. The Hall–Kier alpha value is -3.10. The van der Waals surface area contributed by atoms with Crippen LogP contribution < -0.4 is 4.74 Å². The molecule has 0 aromatic heterocycles. The van der Waals surface area contributed by atoms with Gasteiger partial charge in [-0.25, -0.2) is 9.59 Å². The maximum atomic E-state index is 12.3. The number of hydrogen-bond acceptors (Lipinski definition) is 7. The third-order valence-corrected chi connectivity index (χ3v) is 4.28. The number of nitro benzene ring substituents is 1. The first-order valence-electron chi connectivity index (χ1n) is 8.60. The van der Waals surface area contributed by atoms with Gasteiger partial charge in [0.25, 0.3) is 5.69 Å². The van der Waals surface area contributed by atoms with Crippen LogP contribution in [0, 0.1) is 10.1 Å². The van der Waals surface area contributed by atoms with E-state index in [-0.39, 0.29) is 28.6 Å². The quantitative estimate of drug-likeness (QED) is 0.234. The Morgan fingerprint density at radius 1 is 1.17 bits per heavy atom. The molecule has 158 valence electrons. The van der Waals surface area contributed by atoms with Crippen LogP contribution in [0.1, 0.15) is 18.6 Å². The Morgan fingerprint density at radius 2 is 1.83 bits per heavy atom. The number of ether oxygens (including phenoxy) is 3. The van der Waals surface area contributed by atoms with Crippen LogP contribution >= 0.6 is 23.2 Å². The molecule has 0 aliphatic rings. The van der Waals surface area contributed by atoms with Gasteiger partial charge in [-0.2, -0.15) is 0 Å². The van der Waals surface area contributed by atoms with Crippen LogP contribution in [0.25, 0.3) is 0 Å². The lowest BCUT2D eigenvalue weighted by atomic mass is 10.0. The molecule has 2 aromatic carbocycles. The Balaban J connectivity index is 2.17. The maximum absolute atomic E-state index is 12.3. The van der Waals surface area contributed by atoms with E-state index in [0.29, 0.717) is 10.6 Å². The summed E-state index contributed by atoms with van der Waals surface area (Å²) in [5.41, 5.74) is -0.00797. The molecule has 1 unspecified atom stereocenters. The van der Waals surface area contributed by atoms with Gasteiger partial charge in [0.15, 0.2) is 12.7 Å². The molecule has 0 aliphatic carbocycles. The Bertz CT molecular complexity index is 960. The Kier molecular flexibility index (Phi) is 8.20. The molecule has 0 spiro atoms. The van der Waals surface area contributed by atoms with Gasteiger partial charge in [0.1, 0.15) is 5.75 Å². The van der Waals surface area contributed by atoms with Crippen LogP contribution in [0.5, 0.6) is 5.75 Å². The zero-order chi connectivity index (χ0) is 22.3. The van der Waals surface area contributed by atoms with Crippen molar-refractivity contribution in [3.63, 3.8) is 0 Å². The monoisotopic (exact) mass is 453 g/mol. The summed E-state index contributed by atoms with van der Waals surface area (Å²) >= 11 is 11.8. The predicted molar refractivity (Wildman–Crippen MR) is 110 cm³/mol. The highest BCUT2D eigenvalue weighted by molar-refractivity contribution is 6.35. The molecule has 0 fully saturated rings. The lowest BCUT2D eigenvalue weighted by molar-refractivity contribution is -0.384. The molecule has 0 N–H and O–H groups in total. The molecule has 0 aliphatic heterocycles. The standard InChI is InChI=1S/C20H17Cl2NO7/c1-3-28-20(25)12(2)19(13-4-7-15(8-5-13)23(26)27)30-18(24)11-29-17-9-6-14(21)10-16(17)22/h4-10,19H,2-3,11H2,1H3. The molecule has 0 bridgehead atoms. The molecule has 0 heterocycles. The molecule has 0 amide bonds. The second-order valence-corrected chi connectivity index (χ2v) is 6.67. The van der Waals surface area contributed by atoms with Gasteiger partial charge in [0, 0.05) is 17.2 Å². The van der Waals surface area contributed by atoms with E-state index in [1.165, 1.54) is 42.5 Å². The highest BCUT2D eigenvalue weighted by Crippen LogP contribution is 2.29. The number of nitrogens with zero attached hydrogens (tertiary/aromatic N) is 1. The predicted octanol–water partition coefficient (Wildman–Crippen LogP) is 4.68. The van der Waals surface area contributed by atoms with Crippen molar-refractivity contribution in [3.8, 4) is 5.75 Å². The van der Waals surface area contributed by atoms with Crippen LogP contribution in [0.2, 0.25) is 10.0 Å². The summed E-state index contributed by atoms with van der Waals surface area (Å²) in [5.74, 6) is -1.38. The molecule has 2 rings (SSSR count). The molecule has 10 heteroatoms. The molecule has 2 aromatic rings. The number of esters is 2. The summed E-state index contributed by atoms with van der Waals surface area (Å²) in [7, 11) is 0. The summed E-state index contributed by atoms with van der Waals surface area (Å²) in [6, 6.07) is 9.64. The van der Waals surface area contributed by atoms with Crippen LogP contribution in [0.15, 0.2) is 54.6 Å². The van der Waals surface area contributed by atoms with Crippen LogP contribution in [-0.4, -0.2) is 30.1 Å². The third kappa shape index (κ3) is 6.20. The third-order valence-electron chi connectivity index (χ3n) is 3.75. The van der Waals surface area contributed by atoms with Gasteiger partial charge in [0.05, 0.1) is 22.1 Å². The van der Waals surface area contributed by atoms with Crippen molar-refractivity contribution in [1.82, 2.24) is 0 Å². The van der Waals surface area contributed by atoms with Crippen molar-refractivity contribution in [2.75, 3.05) is 13.2 Å². The first-order valence-corrected chi connectivity index (χ1v) is 9.36. The Labute approximate surface area is 182 Å². The van der Waals surface area contributed by atoms with Crippen LogP contribution in [0.3, 0.4) is 0 Å². The minimum atomic E-state index is -1.22. The molecular formula is C20H17Cl2NO7. The number of halogens is 2. The molecular weight excluding hydrogens is 437 g/mol. The van der Waals surface area contributed by atoms with Gasteiger partial charge in [-0.3, -0.25) is 10.1 Å². The number of non-ortho nitro benzene ring substituents is 1. The van der Waals surface area contributed by atoms with Crippen LogP contribution in [-0.2, 0) is 19.1 Å². The molecule has 0 radical (unpaired) electrons. The number of benzene rings is 2. The van der Waals surface area contributed by atoms with Crippen molar-refractivity contribution < 1.29 is 28.7 Å². The minimum absolute atomic E-state index is 0.0942. The molecule has 0 saturated heterocycles. The largest absolute Gasteiger partial charge is 0.480 e. The SMILES string of the molecule is C=C(C(=O)OCC)C(OC(=O)COc1ccc(Cl)cc1Cl)c1ccc([N+](=O)[O-])cc1. The topological polar surface area (TPSA) is 105 Å². The normalized spacial score (nSPS) is 11.3. The summed E-state index contributed by atoms with van der Waals surface area (Å²) < 4.78 is 15.6. The van der Waals surface area contributed by atoms with E-state index >= 15 is 0 Å². The summed E-state index contributed by atoms with van der Waals surface area (Å²) in [6.45, 7) is 4.83. The van der Waals surface area contributed by atoms with Crippen LogP contribution in [0.4, 0.5) is 5.69 Å². The molecule has 1 atom stereocenters. The lowest BCUT2D eigenvalue weighted by Crippen LogP contribution is -2.23. The minimum Gasteiger partial charge on any atom is -0.480 e. The van der Waals surface area contributed by atoms with Crippen molar-refractivity contribution in [3.05, 3.63) is 80.3 Å². The van der Waals surface area contributed by atoms with E-state index < -0.39 is 29.6 Å². The summed E-state index contributed by atoms with van der Waals surface area (Å²) in [6.07, 6.45) is -1.22. The average Bonchev–Trinajstić information content (AvgIpc) is 2.71. The summed E-state index contributed by atoms with van der Waals surface area (Å²) in [5, 5.41) is 11.5. The fourth-order valence-electron chi connectivity index (χ4n) is 2.34. The van der Waals surface area contributed by atoms with Crippen molar-refractivity contribution in [1.29, 1.82) is 0 Å². The number of nitro groups is 1. The number of carbonyl (C=O) groups is 2. The van der Waals surface area contributed by atoms with E-state index in [9.17, 15) is 19.7 Å². The molecule has 0 saturated carbocycles. The van der Waals surface area contributed by atoms with E-state index in [2.05, 4.69) is 6.58 Å². The van der Waals surface area contributed by atoms with E-state index in [4.69, 9.17) is 37.4 Å². The average molecular weight is 454 g/mol. The van der Waals surface area contributed by atoms with Gasteiger partial charge in [-0.05, 0) is 42.8 Å². The number of carbonyl (C=O) groups excluding carboxylic acids is 2. The zero-order valence-electron chi connectivity index (χ0n) is 15.8. The van der Waals surface area contributed by atoms with Crippen molar-refractivity contribution in [2.45, 2.75) is 13.0 Å².